The standard InChI is InChI=1S/C25H33N5O7/c1-16(31)30(14-17-5-6-21-22(11-17)37-15-36-21)25(23(32)33,7-4-8-28-24(26)27)29-13-18-9-19(34-2)12-20(10-18)35-3/h5-6,9-12,29H,4,7-8,13-15H2,1-3H3,(H,32,33)(H4,26,27,28)/t25-/m0/s1. The minimum atomic E-state index is -1.78. The Morgan fingerprint density at radius 2 is 1.76 bits per heavy atom. The number of benzene rings is 2. The summed E-state index contributed by atoms with van der Waals surface area (Å²) in [5.41, 5.74) is 10.5. The second-order valence-electron chi connectivity index (χ2n) is 8.44. The van der Waals surface area contributed by atoms with E-state index in [0.717, 1.165) is 0 Å². The highest BCUT2D eigenvalue weighted by Crippen LogP contribution is 2.34. The number of aliphatic imine (C=N–C) groups is 1. The summed E-state index contributed by atoms with van der Waals surface area (Å²) in [5.74, 6) is 0.472. The maximum absolute atomic E-state index is 12.9. The van der Waals surface area contributed by atoms with E-state index in [1.165, 1.54) is 26.0 Å². The minimum Gasteiger partial charge on any atom is -0.497 e. The number of carboxylic acids is 1. The number of nitrogens with zero attached hydrogens (tertiary/aromatic N) is 2. The maximum Gasteiger partial charge on any atom is 0.344 e. The number of carbonyl (C=O) groups is 2. The van der Waals surface area contributed by atoms with Crippen molar-refractivity contribution >= 4 is 17.8 Å². The van der Waals surface area contributed by atoms with E-state index in [4.69, 9.17) is 30.4 Å². The van der Waals surface area contributed by atoms with Gasteiger partial charge < -0.3 is 40.4 Å². The van der Waals surface area contributed by atoms with Crippen LogP contribution in [0.15, 0.2) is 41.4 Å². The Labute approximate surface area is 215 Å². The number of carboxylic acid groups (broad SMARTS) is 1. The van der Waals surface area contributed by atoms with Crippen LogP contribution in [-0.2, 0) is 22.7 Å². The summed E-state index contributed by atoms with van der Waals surface area (Å²) in [4.78, 5) is 31.1. The van der Waals surface area contributed by atoms with E-state index in [1.54, 1.807) is 36.4 Å². The molecule has 12 nitrogen and oxygen atoms in total. The molecule has 0 fully saturated rings. The summed E-state index contributed by atoms with van der Waals surface area (Å²) in [7, 11) is 3.06. The fourth-order valence-corrected chi connectivity index (χ4v) is 4.11. The SMILES string of the molecule is COc1cc(CN[C@](CCCN=C(N)N)(C(=O)O)N(Cc2ccc3c(c2)OCO3)C(C)=O)cc(OC)c1. The van der Waals surface area contributed by atoms with Gasteiger partial charge in [-0.2, -0.15) is 0 Å². The molecule has 1 aliphatic rings. The summed E-state index contributed by atoms with van der Waals surface area (Å²) in [5, 5.41) is 13.6. The lowest BCUT2D eigenvalue weighted by molar-refractivity contribution is -0.163. The second kappa shape index (κ2) is 12.2. The fraction of sp³-hybridized carbons (Fsp3) is 0.400. The van der Waals surface area contributed by atoms with Gasteiger partial charge in [0.2, 0.25) is 12.7 Å². The summed E-state index contributed by atoms with van der Waals surface area (Å²) < 4.78 is 21.5. The van der Waals surface area contributed by atoms with E-state index in [0.29, 0.717) is 40.5 Å². The lowest BCUT2D eigenvalue weighted by Crippen LogP contribution is -2.64. The van der Waals surface area contributed by atoms with E-state index in [9.17, 15) is 14.7 Å². The second-order valence-corrected chi connectivity index (χ2v) is 8.44. The first-order valence-electron chi connectivity index (χ1n) is 11.6. The van der Waals surface area contributed by atoms with E-state index >= 15 is 0 Å². The van der Waals surface area contributed by atoms with Crippen molar-refractivity contribution in [2.75, 3.05) is 27.6 Å². The average molecular weight is 516 g/mol. The Balaban J connectivity index is 1.96. The van der Waals surface area contributed by atoms with Gasteiger partial charge in [0.1, 0.15) is 11.5 Å². The third-order valence-electron chi connectivity index (χ3n) is 5.96. The number of aliphatic carboxylic acids is 1. The third-order valence-corrected chi connectivity index (χ3v) is 5.96. The van der Waals surface area contributed by atoms with Crippen molar-refractivity contribution in [1.29, 1.82) is 0 Å². The molecule has 6 N–H and O–H groups in total. The van der Waals surface area contributed by atoms with Crippen LogP contribution >= 0.6 is 0 Å². The number of hydrogen-bond donors (Lipinski definition) is 4. The fourth-order valence-electron chi connectivity index (χ4n) is 4.11. The molecular formula is C25H33N5O7. The highest BCUT2D eigenvalue weighted by Gasteiger charge is 2.45. The van der Waals surface area contributed by atoms with Crippen molar-refractivity contribution in [2.45, 2.75) is 38.5 Å². The molecular weight excluding hydrogens is 482 g/mol. The molecule has 0 saturated carbocycles. The molecule has 1 amide bonds. The number of rotatable bonds is 13. The number of guanidine groups is 1. The van der Waals surface area contributed by atoms with Gasteiger partial charge >= 0.3 is 5.97 Å². The Hall–Kier alpha value is -4.19. The minimum absolute atomic E-state index is 0.00893. The van der Waals surface area contributed by atoms with Gasteiger partial charge in [-0.05, 0) is 48.2 Å². The Kier molecular flexibility index (Phi) is 9.01. The number of carbonyl (C=O) groups excluding carboxylic acids is 1. The summed E-state index contributed by atoms with van der Waals surface area (Å²) in [6, 6.07) is 10.5. The largest absolute Gasteiger partial charge is 0.497 e. The molecule has 2 aromatic carbocycles. The van der Waals surface area contributed by atoms with Crippen molar-refractivity contribution in [3.63, 3.8) is 0 Å². The van der Waals surface area contributed by atoms with Crippen LogP contribution in [0.1, 0.15) is 30.9 Å². The molecule has 0 spiro atoms. The molecule has 3 rings (SSSR count). The number of hydrogen-bond acceptors (Lipinski definition) is 8. The third kappa shape index (κ3) is 6.73. The summed E-state index contributed by atoms with van der Waals surface area (Å²) in [6.45, 7) is 1.74. The smallest absolute Gasteiger partial charge is 0.344 e. The van der Waals surface area contributed by atoms with Crippen LogP contribution in [0.3, 0.4) is 0 Å². The first-order chi connectivity index (χ1) is 17.7. The number of fused-ring (bicyclic) bond motifs is 1. The molecule has 0 saturated heterocycles. The van der Waals surface area contributed by atoms with Crippen LogP contribution in [0, 0.1) is 0 Å². The molecule has 200 valence electrons. The first-order valence-corrected chi connectivity index (χ1v) is 11.6. The number of ether oxygens (including phenoxy) is 4. The lowest BCUT2D eigenvalue weighted by Gasteiger charge is -2.41. The van der Waals surface area contributed by atoms with Crippen LogP contribution < -0.4 is 35.7 Å². The molecule has 0 radical (unpaired) electrons. The molecule has 12 heteroatoms. The van der Waals surface area contributed by atoms with Crippen molar-refractivity contribution in [2.24, 2.45) is 16.5 Å². The molecule has 0 aliphatic carbocycles. The van der Waals surface area contributed by atoms with Crippen molar-refractivity contribution in [3.05, 3.63) is 47.5 Å². The Morgan fingerprint density at radius 3 is 2.35 bits per heavy atom. The van der Waals surface area contributed by atoms with E-state index in [2.05, 4.69) is 10.3 Å². The van der Waals surface area contributed by atoms with Crippen LogP contribution in [0.25, 0.3) is 0 Å². The van der Waals surface area contributed by atoms with Gasteiger partial charge in [0, 0.05) is 32.6 Å². The highest BCUT2D eigenvalue weighted by molar-refractivity contribution is 5.85. The van der Waals surface area contributed by atoms with E-state index < -0.39 is 17.5 Å². The normalized spacial score (nSPS) is 13.4. The molecule has 1 heterocycles. The predicted molar refractivity (Wildman–Crippen MR) is 135 cm³/mol. The van der Waals surface area contributed by atoms with Gasteiger partial charge in [0.05, 0.1) is 14.2 Å². The zero-order chi connectivity index (χ0) is 27.0. The number of methoxy groups -OCH3 is 2. The van der Waals surface area contributed by atoms with Gasteiger partial charge in [-0.25, -0.2) is 4.79 Å². The number of nitrogens with one attached hydrogen (secondary N) is 1. The Bertz CT molecular complexity index is 1130. The number of nitrogens with two attached hydrogens (primary N) is 2. The topological polar surface area (TPSA) is 171 Å². The van der Waals surface area contributed by atoms with Gasteiger partial charge in [0.25, 0.3) is 0 Å². The quantitative estimate of drug-likeness (QED) is 0.132. The number of amides is 1. The summed E-state index contributed by atoms with van der Waals surface area (Å²) >= 11 is 0. The highest BCUT2D eigenvalue weighted by atomic mass is 16.7. The monoisotopic (exact) mass is 515 g/mol. The molecule has 0 bridgehead atoms. The van der Waals surface area contributed by atoms with Crippen LogP contribution in [0.2, 0.25) is 0 Å². The first kappa shape index (κ1) is 27.4. The van der Waals surface area contributed by atoms with E-state index in [-0.39, 0.29) is 38.8 Å². The van der Waals surface area contributed by atoms with Gasteiger partial charge in [-0.3, -0.25) is 15.1 Å². The summed E-state index contributed by atoms with van der Waals surface area (Å²) in [6.07, 6.45) is 0.327. The molecule has 2 aromatic rings. The van der Waals surface area contributed by atoms with Crippen molar-refractivity contribution in [1.82, 2.24) is 10.2 Å². The molecule has 1 atom stereocenters. The molecule has 0 aromatic heterocycles. The zero-order valence-corrected chi connectivity index (χ0v) is 21.2. The van der Waals surface area contributed by atoms with Gasteiger partial charge in [-0.1, -0.05) is 6.07 Å². The maximum atomic E-state index is 12.9. The molecule has 0 unspecified atom stereocenters. The van der Waals surface area contributed by atoms with Crippen molar-refractivity contribution in [3.8, 4) is 23.0 Å². The van der Waals surface area contributed by atoms with E-state index in [1.807, 2.05) is 0 Å². The van der Waals surface area contributed by atoms with Crippen LogP contribution in [-0.4, -0.2) is 61.1 Å². The molecule has 1 aliphatic heterocycles. The van der Waals surface area contributed by atoms with Crippen LogP contribution in [0.4, 0.5) is 0 Å². The zero-order valence-electron chi connectivity index (χ0n) is 21.2. The molecule has 37 heavy (non-hydrogen) atoms. The average Bonchev–Trinajstić information content (AvgIpc) is 3.34. The van der Waals surface area contributed by atoms with Gasteiger partial charge in [0.15, 0.2) is 23.1 Å². The predicted octanol–water partition coefficient (Wildman–Crippen LogP) is 1.41. The van der Waals surface area contributed by atoms with Gasteiger partial charge in [-0.15, -0.1) is 0 Å². The Morgan fingerprint density at radius 1 is 1.08 bits per heavy atom. The lowest BCUT2D eigenvalue weighted by atomic mass is 9.98. The van der Waals surface area contributed by atoms with Crippen molar-refractivity contribution < 1.29 is 33.6 Å². The van der Waals surface area contributed by atoms with Crippen LogP contribution in [0.5, 0.6) is 23.0 Å².